The number of rotatable bonds is 5. The summed E-state index contributed by atoms with van der Waals surface area (Å²) in [5.74, 6) is -0.370. The van der Waals surface area contributed by atoms with E-state index in [1.807, 2.05) is 19.0 Å². The third kappa shape index (κ3) is 6.19. The number of nitrogens with one attached hydrogen (secondary N) is 2. The predicted molar refractivity (Wildman–Crippen MR) is 126 cm³/mol. The Balaban J connectivity index is 0.00000300. The molecule has 1 heterocycles. The van der Waals surface area contributed by atoms with Crippen LogP contribution in [-0.4, -0.2) is 46.2 Å². The molecule has 1 fully saturated rings. The summed E-state index contributed by atoms with van der Waals surface area (Å²) in [5.41, 5.74) is 2.76. The van der Waals surface area contributed by atoms with Crippen LogP contribution in [0.25, 0.3) is 0 Å². The fourth-order valence-corrected chi connectivity index (χ4v) is 3.32. The van der Waals surface area contributed by atoms with E-state index >= 15 is 0 Å². The number of guanidine groups is 1. The molecule has 2 aromatic carbocycles. The van der Waals surface area contributed by atoms with E-state index in [0.717, 1.165) is 23.7 Å². The Bertz CT molecular complexity index is 826. The first-order chi connectivity index (χ1) is 13.5. The molecule has 158 valence electrons. The molecule has 1 saturated heterocycles. The maximum Gasteiger partial charge on any atom is 0.191 e. The summed E-state index contributed by atoms with van der Waals surface area (Å²) in [5, 5.41) is 6.71. The maximum atomic E-state index is 14.0. The number of nitrogens with zero attached hydrogens (tertiary/aromatic N) is 3. The largest absolute Gasteiger partial charge is 0.378 e. The van der Waals surface area contributed by atoms with E-state index in [9.17, 15) is 8.78 Å². The number of halogens is 3. The second-order valence-electron chi connectivity index (χ2n) is 7.16. The summed E-state index contributed by atoms with van der Waals surface area (Å²) in [6.07, 6.45) is 0.856. The zero-order valence-corrected chi connectivity index (χ0v) is 19.3. The van der Waals surface area contributed by atoms with E-state index in [1.54, 1.807) is 7.05 Å². The average molecular weight is 515 g/mol. The van der Waals surface area contributed by atoms with Gasteiger partial charge in [0, 0.05) is 58.6 Å². The van der Waals surface area contributed by atoms with Crippen molar-refractivity contribution in [3.05, 3.63) is 59.7 Å². The molecule has 8 heteroatoms. The molecule has 3 rings (SSSR count). The summed E-state index contributed by atoms with van der Waals surface area (Å²) in [7, 11) is 5.76. The summed E-state index contributed by atoms with van der Waals surface area (Å²) < 4.78 is 27.1. The second-order valence-corrected chi connectivity index (χ2v) is 7.16. The highest BCUT2D eigenvalue weighted by molar-refractivity contribution is 14.0. The minimum atomic E-state index is -0.557. The highest BCUT2D eigenvalue weighted by atomic mass is 127. The summed E-state index contributed by atoms with van der Waals surface area (Å²) >= 11 is 0. The van der Waals surface area contributed by atoms with Crippen LogP contribution < -0.4 is 20.4 Å². The van der Waals surface area contributed by atoms with Crippen molar-refractivity contribution in [1.29, 1.82) is 0 Å². The Labute approximate surface area is 188 Å². The molecule has 1 atom stereocenters. The lowest BCUT2D eigenvalue weighted by molar-refractivity contribution is 0.580. The van der Waals surface area contributed by atoms with Crippen molar-refractivity contribution in [2.75, 3.05) is 44.0 Å². The van der Waals surface area contributed by atoms with Crippen LogP contribution in [0.1, 0.15) is 12.0 Å². The molecule has 2 aromatic rings. The van der Waals surface area contributed by atoms with E-state index in [0.29, 0.717) is 31.3 Å². The molecule has 1 aliphatic heterocycles. The normalized spacial score (nSPS) is 16.4. The van der Waals surface area contributed by atoms with Crippen molar-refractivity contribution in [2.45, 2.75) is 19.0 Å². The van der Waals surface area contributed by atoms with Crippen molar-refractivity contribution in [3.8, 4) is 0 Å². The molecule has 1 unspecified atom stereocenters. The van der Waals surface area contributed by atoms with Gasteiger partial charge in [0.2, 0.25) is 0 Å². The van der Waals surface area contributed by atoms with E-state index in [2.05, 4.69) is 44.8 Å². The number of aliphatic imine (C=N–C) groups is 1. The molecular weight excluding hydrogens is 487 g/mol. The lowest BCUT2D eigenvalue weighted by Gasteiger charge is -2.21. The summed E-state index contributed by atoms with van der Waals surface area (Å²) in [4.78, 5) is 8.28. The van der Waals surface area contributed by atoms with Crippen molar-refractivity contribution in [1.82, 2.24) is 10.6 Å². The molecule has 0 saturated carbocycles. The van der Waals surface area contributed by atoms with E-state index in [-0.39, 0.29) is 30.0 Å². The highest BCUT2D eigenvalue weighted by Crippen LogP contribution is 2.24. The average Bonchev–Trinajstić information content (AvgIpc) is 3.13. The van der Waals surface area contributed by atoms with E-state index in [4.69, 9.17) is 0 Å². The summed E-state index contributed by atoms with van der Waals surface area (Å²) in [6, 6.07) is 12.2. The molecule has 1 aliphatic rings. The molecule has 2 N–H and O–H groups in total. The standard InChI is InChI=1S/C21H27F2N5.HI/c1-24-21(25-13-15-4-7-18(8-5-15)27(2)3)26-17-10-11-28(14-17)20-9-6-16(22)12-19(20)23;/h4-9,12,17H,10-11,13-14H2,1-3H3,(H2,24,25,26);1H. The fourth-order valence-electron chi connectivity index (χ4n) is 3.32. The third-order valence-electron chi connectivity index (χ3n) is 4.92. The first kappa shape index (κ1) is 23.2. The predicted octanol–water partition coefficient (Wildman–Crippen LogP) is 3.59. The second kappa shape index (κ2) is 10.6. The van der Waals surface area contributed by atoms with Crippen LogP contribution in [0.3, 0.4) is 0 Å². The van der Waals surface area contributed by atoms with Crippen LogP contribution in [0.5, 0.6) is 0 Å². The number of hydrogen-bond acceptors (Lipinski definition) is 3. The van der Waals surface area contributed by atoms with Crippen molar-refractivity contribution in [2.24, 2.45) is 4.99 Å². The minimum absolute atomic E-state index is 0. The molecule has 0 aromatic heterocycles. The number of hydrogen-bond donors (Lipinski definition) is 2. The number of anilines is 2. The van der Waals surface area contributed by atoms with Gasteiger partial charge in [-0.3, -0.25) is 4.99 Å². The topological polar surface area (TPSA) is 42.9 Å². The van der Waals surface area contributed by atoms with Gasteiger partial charge in [-0.2, -0.15) is 0 Å². The van der Waals surface area contributed by atoms with Crippen LogP contribution in [-0.2, 0) is 6.54 Å². The Morgan fingerprint density at radius 1 is 1.17 bits per heavy atom. The van der Waals surface area contributed by atoms with Gasteiger partial charge < -0.3 is 20.4 Å². The molecule has 0 amide bonds. The van der Waals surface area contributed by atoms with Crippen molar-refractivity contribution < 1.29 is 8.78 Å². The molecule has 5 nitrogen and oxygen atoms in total. The summed E-state index contributed by atoms with van der Waals surface area (Å²) in [6.45, 7) is 2.01. The lowest BCUT2D eigenvalue weighted by Crippen LogP contribution is -2.44. The van der Waals surface area contributed by atoms with Crippen LogP contribution in [0.2, 0.25) is 0 Å². The van der Waals surface area contributed by atoms with Crippen molar-refractivity contribution in [3.63, 3.8) is 0 Å². The van der Waals surface area contributed by atoms with Gasteiger partial charge in [0.25, 0.3) is 0 Å². The van der Waals surface area contributed by atoms with Gasteiger partial charge in [-0.05, 0) is 36.2 Å². The molecule has 0 radical (unpaired) electrons. The minimum Gasteiger partial charge on any atom is -0.378 e. The highest BCUT2D eigenvalue weighted by Gasteiger charge is 2.25. The molecule has 0 spiro atoms. The SMILES string of the molecule is CN=C(NCc1ccc(N(C)C)cc1)NC1CCN(c2ccc(F)cc2F)C1.I. The van der Waals surface area contributed by atoms with Crippen LogP contribution in [0, 0.1) is 11.6 Å². The van der Waals surface area contributed by atoms with Crippen LogP contribution in [0.15, 0.2) is 47.5 Å². The van der Waals surface area contributed by atoms with Gasteiger partial charge in [-0.15, -0.1) is 24.0 Å². The van der Waals surface area contributed by atoms with Gasteiger partial charge in [-0.25, -0.2) is 8.78 Å². The Morgan fingerprint density at radius 3 is 2.52 bits per heavy atom. The molecule has 29 heavy (non-hydrogen) atoms. The van der Waals surface area contributed by atoms with Gasteiger partial charge in [0.05, 0.1) is 5.69 Å². The zero-order valence-electron chi connectivity index (χ0n) is 17.0. The van der Waals surface area contributed by atoms with Gasteiger partial charge in [0.15, 0.2) is 5.96 Å². The zero-order chi connectivity index (χ0) is 20.1. The molecular formula is C21H28F2IN5. The Kier molecular flexibility index (Phi) is 8.48. The maximum absolute atomic E-state index is 14.0. The number of benzene rings is 2. The first-order valence-electron chi connectivity index (χ1n) is 9.39. The smallest absolute Gasteiger partial charge is 0.191 e. The van der Waals surface area contributed by atoms with E-state index in [1.165, 1.54) is 12.1 Å². The van der Waals surface area contributed by atoms with Gasteiger partial charge in [-0.1, -0.05) is 12.1 Å². The fraction of sp³-hybridized carbons (Fsp3) is 0.381. The first-order valence-corrected chi connectivity index (χ1v) is 9.39. The quantitative estimate of drug-likeness (QED) is 0.363. The van der Waals surface area contributed by atoms with E-state index < -0.39 is 11.6 Å². The van der Waals surface area contributed by atoms with Crippen LogP contribution >= 0.6 is 24.0 Å². The third-order valence-corrected chi connectivity index (χ3v) is 4.92. The Morgan fingerprint density at radius 2 is 1.90 bits per heavy atom. The monoisotopic (exact) mass is 515 g/mol. The Hall–Kier alpha value is -2.10. The van der Waals surface area contributed by atoms with Crippen molar-refractivity contribution >= 4 is 41.3 Å². The lowest BCUT2D eigenvalue weighted by atomic mass is 10.2. The molecule has 0 aliphatic carbocycles. The molecule has 0 bridgehead atoms. The van der Waals surface area contributed by atoms with Gasteiger partial charge in [0.1, 0.15) is 11.6 Å². The van der Waals surface area contributed by atoms with Gasteiger partial charge >= 0.3 is 0 Å². The van der Waals surface area contributed by atoms with Crippen LogP contribution in [0.4, 0.5) is 20.2 Å².